The van der Waals surface area contributed by atoms with Gasteiger partial charge in [-0.3, -0.25) is 14.4 Å². The van der Waals surface area contributed by atoms with Crippen molar-refractivity contribution in [2.45, 2.75) is 78.1 Å². The number of aromatic amines is 1. The van der Waals surface area contributed by atoms with Gasteiger partial charge in [-0.1, -0.05) is 39.0 Å². The standard InChI is InChI=1S/C26H37N5O7/c1-25(2,3)20(22(34)29-18(23(35)36)12-19(27)32)31-21(33)17(30-24(37)38-26(4,5)6)11-14-13-28-16-10-8-7-9-15(14)16/h7-10,13,17-18,20,28H,11-12H2,1-6H3,(H2,27,32)(H,29,34)(H,30,37)(H,31,33)(H,35,36)/t17-,18+,20+/m0/s1. The van der Waals surface area contributed by atoms with Crippen LogP contribution in [0.4, 0.5) is 4.79 Å². The number of carbonyl (C=O) groups excluding carboxylic acids is 4. The minimum Gasteiger partial charge on any atom is -0.480 e. The first kappa shape index (κ1) is 30.1. The van der Waals surface area contributed by atoms with Gasteiger partial charge < -0.3 is 36.5 Å². The van der Waals surface area contributed by atoms with Gasteiger partial charge in [0.15, 0.2) is 0 Å². The van der Waals surface area contributed by atoms with Crippen LogP contribution in [0.5, 0.6) is 0 Å². The minimum atomic E-state index is -1.57. The lowest BCUT2D eigenvalue weighted by Crippen LogP contribution is -2.60. The number of primary amides is 1. The number of hydrogen-bond donors (Lipinski definition) is 6. The maximum Gasteiger partial charge on any atom is 0.408 e. The summed E-state index contributed by atoms with van der Waals surface area (Å²) in [5, 5.41) is 17.7. The molecule has 0 saturated carbocycles. The number of rotatable bonds is 10. The molecule has 2 aromatic rings. The lowest BCUT2D eigenvalue weighted by molar-refractivity contribution is -0.144. The Hall–Kier alpha value is -4.09. The maximum atomic E-state index is 13.5. The predicted molar refractivity (Wildman–Crippen MR) is 140 cm³/mol. The molecule has 1 aromatic heterocycles. The van der Waals surface area contributed by atoms with E-state index in [1.54, 1.807) is 47.7 Å². The summed E-state index contributed by atoms with van der Waals surface area (Å²) in [5.41, 5.74) is 5.02. The normalized spacial score (nSPS) is 14.2. The molecule has 4 amide bonds. The van der Waals surface area contributed by atoms with Crippen molar-refractivity contribution in [1.29, 1.82) is 0 Å². The van der Waals surface area contributed by atoms with E-state index in [0.29, 0.717) is 0 Å². The molecular formula is C26H37N5O7. The Morgan fingerprint density at radius 3 is 2.13 bits per heavy atom. The number of carboxylic acids is 1. The number of fused-ring (bicyclic) bond motifs is 1. The molecule has 38 heavy (non-hydrogen) atoms. The third-order valence-corrected chi connectivity index (χ3v) is 5.54. The first-order chi connectivity index (χ1) is 17.5. The molecule has 0 aliphatic carbocycles. The smallest absolute Gasteiger partial charge is 0.408 e. The predicted octanol–water partition coefficient (Wildman–Crippen LogP) is 1.58. The van der Waals surface area contributed by atoms with Crippen molar-refractivity contribution in [2.75, 3.05) is 0 Å². The van der Waals surface area contributed by atoms with Crippen LogP contribution in [0.15, 0.2) is 30.5 Å². The fourth-order valence-corrected chi connectivity index (χ4v) is 3.75. The van der Waals surface area contributed by atoms with E-state index in [4.69, 9.17) is 10.5 Å². The van der Waals surface area contributed by atoms with Crippen molar-refractivity contribution in [2.24, 2.45) is 11.1 Å². The summed E-state index contributed by atoms with van der Waals surface area (Å²) in [7, 11) is 0. The average Bonchev–Trinajstić information content (AvgIpc) is 3.16. The zero-order valence-corrected chi connectivity index (χ0v) is 22.5. The van der Waals surface area contributed by atoms with Gasteiger partial charge >= 0.3 is 12.1 Å². The van der Waals surface area contributed by atoms with Crippen LogP contribution in [0.25, 0.3) is 10.9 Å². The highest BCUT2D eigenvalue weighted by Crippen LogP contribution is 2.22. The number of para-hydroxylation sites is 1. The Morgan fingerprint density at radius 2 is 1.58 bits per heavy atom. The number of benzene rings is 1. The first-order valence-corrected chi connectivity index (χ1v) is 12.1. The van der Waals surface area contributed by atoms with Crippen LogP contribution in [0.3, 0.4) is 0 Å². The van der Waals surface area contributed by atoms with Gasteiger partial charge in [0.05, 0.1) is 6.42 Å². The average molecular weight is 532 g/mol. The number of carboxylic acid groups (broad SMARTS) is 1. The molecule has 2 rings (SSSR count). The molecule has 208 valence electrons. The largest absolute Gasteiger partial charge is 0.480 e. The van der Waals surface area contributed by atoms with Crippen LogP contribution in [0, 0.1) is 5.41 Å². The van der Waals surface area contributed by atoms with Crippen molar-refractivity contribution >= 4 is 40.7 Å². The molecular weight excluding hydrogens is 494 g/mol. The number of alkyl carbamates (subject to hydrolysis) is 1. The van der Waals surface area contributed by atoms with E-state index >= 15 is 0 Å². The fourth-order valence-electron chi connectivity index (χ4n) is 3.75. The monoisotopic (exact) mass is 531 g/mol. The summed E-state index contributed by atoms with van der Waals surface area (Å²) in [4.78, 5) is 65.1. The second-order valence-electron chi connectivity index (χ2n) is 11.1. The van der Waals surface area contributed by atoms with Crippen molar-refractivity contribution in [3.63, 3.8) is 0 Å². The Kier molecular flexibility index (Phi) is 9.49. The molecule has 12 heteroatoms. The van der Waals surface area contributed by atoms with Gasteiger partial charge in [0.2, 0.25) is 17.7 Å². The third-order valence-electron chi connectivity index (χ3n) is 5.54. The van der Waals surface area contributed by atoms with Gasteiger partial charge in [-0.2, -0.15) is 0 Å². The van der Waals surface area contributed by atoms with Crippen molar-refractivity contribution in [3.8, 4) is 0 Å². The van der Waals surface area contributed by atoms with Gasteiger partial charge in [0, 0.05) is 23.5 Å². The number of carbonyl (C=O) groups is 5. The number of nitrogens with two attached hydrogens (primary N) is 1. The van der Waals surface area contributed by atoms with E-state index in [1.807, 2.05) is 24.3 Å². The van der Waals surface area contributed by atoms with E-state index in [1.165, 1.54) is 0 Å². The quantitative estimate of drug-likeness (QED) is 0.268. The van der Waals surface area contributed by atoms with Crippen molar-refractivity contribution < 1.29 is 33.8 Å². The lowest BCUT2D eigenvalue weighted by Gasteiger charge is -2.32. The summed E-state index contributed by atoms with van der Waals surface area (Å²) >= 11 is 0. The topological polar surface area (TPSA) is 193 Å². The second kappa shape index (κ2) is 12.0. The summed E-state index contributed by atoms with van der Waals surface area (Å²) in [6.45, 7) is 10.1. The van der Waals surface area contributed by atoms with Gasteiger partial charge in [-0.05, 0) is 37.8 Å². The van der Waals surface area contributed by atoms with Crippen LogP contribution in [0.1, 0.15) is 53.5 Å². The molecule has 0 radical (unpaired) electrons. The Bertz CT molecular complexity index is 1190. The number of aliphatic carboxylic acids is 1. The third kappa shape index (κ3) is 8.79. The molecule has 0 saturated heterocycles. The Labute approximate surface area is 221 Å². The van der Waals surface area contributed by atoms with Gasteiger partial charge in [-0.15, -0.1) is 0 Å². The maximum absolute atomic E-state index is 13.5. The highest BCUT2D eigenvalue weighted by atomic mass is 16.6. The van der Waals surface area contributed by atoms with Crippen LogP contribution in [-0.2, 0) is 30.3 Å². The zero-order valence-electron chi connectivity index (χ0n) is 22.5. The van der Waals surface area contributed by atoms with E-state index in [9.17, 15) is 29.1 Å². The molecule has 7 N–H and O–H groups in total. The van der Waals surface area contributed by atoms with E-state index in [2.05, 4.69) is 20.9 Å². The van der Waals surface area contributed by atoms with E-state index < -0.39 is 65.3 Å². The van der Waals surface area contributed by atoms with E-state index in [-0.39, 0.29) is 6.42 Å². The molecule has 0 fully saturated rings. The van der Waals surface area contributed by atoms with Gasteiger partial charge in [-0.25, -0.2) is 9.59 Å². The number of H-pyrrole nitrogens is 1. The number of nitrogens with one attached hydrogen (secondary N) is 4. The second-order valence-corrected chi connectivity index (χ2v) is 11.1. The zero-order chi connectivity index (χ0) is 28.8. The Morgan fingerprint density at radius 1 is 0.947 bits per heavy atom. The molecule has 1 aromatic carbocycles. The molecule has 0 unspecified atom stereocenters. The minimum absolute atomic E-state index is 0.0764. The van der Waals surface area contributed by atoms with E-state index in [0.717, 1.165) is 16.5 Å². The van der Waals surface area contributed by atoms with Crippen LogP contribution in [0.2, 0.25) is 0 Å². The van der Waals surface area contributed by atoms with Gasteiger partial charge in [0.25, 0.3) is 0 Å². The summed E-state index contributed by atoms with van der Waals surface area (Å²) in [5.74, 6) is -3.85. The van der Waals surface area contributed by atoms with Crippen LogP contribution >= 0.6 is 0 Å². The van der Waals surface area contributed by atoms with Crippen molar-refractivity contribution in [3.05, 3.63) is 36.0 Å². The molecule has 0 spiro atoms. The molecule has 0 aliphatic heterocycles. The Balaban J connectivity index is 2.33. The molecule has 0 aliphatic rings. The van der Waals surface area contributed by atoms with Crippen molar-refractivity contribution in [1.82, 2.24) is 20.9 Å². The summed E-state index contributed by atoms with van der Waals surface area (Å²) in [6.07, 6.45) is 0.376. The van der Waals surface area contributed by atoms with Crippen LogP contribution in [-0.4, -0.2) is 63.6 Å². The molecule has 0 bridgehead atoms. The molecule has 12 nitrogen and oxygen atoms in total. The first-order valence-electron chi connectivity index (χ1n) is 12.1. The molecule has 3 atom stereocenters. The van der Waals surface area contributed by atoms with Crippen LogP contribution < -0.4 is 21.7 Å². The lowest BCUT2D eigenvalue weighted by atomic mass is 9.85. The highest BCUT2D eigenvalue weighted by Gasteiger charge is 2.37. The fraction of sp³-hybridized carbons (Fsp3) is 0.500. The summed E-state index contributed by atoms with van der Waals surface area (Å²) < 4.78 is 5.33. The highest BCUT2D eigenvalue weighted by molar-refractivity contribution is 5.95. The molecule has 1 heterocycles. The number of amides is 4. The van der Waals surface area contributed by atoms with Gasteiger partial charge in [0.1, 0.15) is 23.7 Å². The summed E-state index contributed by atoms with van der Waals surface area (Å²) in [6, 6.07) is 3.55. The number of hydrogen-bond acceptors (Lipinski definition) is 6. The number of ether oxygens (including phenoxy) is 1. The SMILES string of the molecule is CC(C)(C)OC(=O)N[C@@H](Cc1c[nH]c2ccccc12)C(=O)N[C@H](C(=O)N[C@H](CC(N)=O)C(=O)O)C(C)(C)C. The number of aromatic nitrogens is 1.